The third-order valence-electron chi connectivity index (χ3n) is 2.30. The maximum absolute atomic E-state index is 5.57. The van der Waals surface area contributed by atoms with Crippen molar-refractivity contribution in [1.82, 2.24) is 5.32 Å². The normalized spacial score (nSPS) is 12.9. The summed E-state index contributed by atoms with van der Waals surface area (Å²) in [4.78, 5) is 0. The summed E-state index contributed by atoms with van der Waals surface area (Å²) in [6.45, 7) is 5.22. The van der Waals surface area contributed by atoms with E-state index in [1.807, 2.05) is 0 Å². The highest BCUT2D eigenvalue weighted by Gasteiger charge is 2.10. The van der Waals surface area contributed by atoms with Crippen LogP contribution in [0, 0.1) is 0 Å². The van der Waals surface area contributed by atoms with Crippen molar-refractivity contribution in [2.75, 3.05) is 33.5 Å². The van der Waals surface area contributed by atoms with E-state index in [2.05, 4.69) is 29.1 Å². The second kappa shape index (κ2) is 8.70. The van der Waals surface area contributed by atoms with Crippen LogP contribution in [0.3, 0.4) is 0 Å². The Morgan fingerprint density at radius 1 is 1.44 bits per heavy atom. The van der Waals surface area contributed by atoms with Crippen LogP contribution in [-0.2, 0) is 9.47 Å². The van der Waals surface area contributed by atoms with E-state index in [-0.39, 0.29) is 0 Å². The standard InChI is InChI=1S/C12H21NO2S/c1-3-5-13-12(9-15-7-6-14-2)11-4-8-16-10-11/h4,8,10,12-13H,3,5-7,9H2,1-2H3. The molecule has 3 nitrogen and oxygen atoms in total. The Morgan fingerprint density at radius 2 is 2.31 bits per heavy atom. The van der Waals surface area contributed by atoms with Crippen LogP contribution >= 0.6 is 11.3 Å². The third-order valence-corrected chi connectivity index (χ3v) is 3.00. The molecule has 4 heteroatoms. The molecule has 0 spiro atoms. The summed E-state index contributed by atoms with van der Waals surface area (Å²) in [5.74, 6) is 0. The minimum atomic E-state index is 0.308. The van der Waals surface area contributed by atoms with Crippen molar-refractivity contribution in [3.63, 3.8) is 0 Å². The zero-order valence-corrected chi connectivity index (χ0v) is 10.9. The van der Waals surface area contributed by atoms with Crippen LogP contribution in [0.1, 0.15) is 24.9 Å². The minimum absolute atomic E-state index is 0.308. The van der Waals surface area contributed by atoms with Crippen molar-refractivity contribution in [3.8, 4) is 0 Å². The van der Waals surface area contributed by atoms with Crippen LogP contribution in [0.25, 0.3) is 0 Å². The topological polar surface area (TPSA) is 30.5 Å². The Labute approximate surface area is 102 Å². The maximum atomic E-state index is 5.57. The van der Waals surface area contributed by atoms with Gasteiger partial charge in [-0.15, -0.1) is 0 Å². The molecule has 16 heavy (non-hydrogen) atoms. The van der Waals surface area contributed by atoms with Gasteiger partial charge < -0.3 is 14.8 Å². The van der Waals surface area contributed by atoms with E-state index >= 15 is 0 Å². The number of methoxy groups -OCH3 is 1. The van der Waals surface area contributed by atoms with Gasteiger partial charge in [-0.05, 0) is 35.4 Å². The van der Waals surface area contributed by atoms with E-state index in [0.29, 0.717) is 25.9 Å². The molecule has 0 aromatic carbocycles. The highest BCUT2D eigenvalue weighted by atomic mass is 32.1. The van der Waals surface area contributed by atoms with Crippen molar-refractivity contribution < 1.29 is 9.47 Å². The number of thiophene rings is 1. The first kappa shape index (κ1) is 13.6. The molecule has 0 saturated heterocycles. The van der Waals surface area contributed by atoms with Crippen LogP contribution in [0.5, 0.6) is 0 Å². The SMILES string of the molecule is CCCNC(COCCOC)c1ccsc1. The summed E-state index contributed by atoms with van der Waals surface area (Å²) in [5.41, 5.74) is 1.32. The van der Waals surface area contributed by atoms with Gasteiger partial charge in [-0.1, -0.05) is 6.92 Å². The molecule has 1 atom stereocenters. The number of hydrogen-bond acceptors (Lipinski definition) is 4. The number of hydrogen-bond donors (Lipinski definition) is 1. The van der Waals surface area contributed by atoms with Crippen LogP contribution in [-0.4, -0.2) is 33.5 Å². The Hall–Kier alpha value is -0.420. The average Bonchev–Trinajstić information content (AvgIpc) is 2.82. The van der Waals surface area contributed by atoms with Crippen molar-refractivity contribution in [3.05, 3.63) is 22.4 Å². The molecule has 0 bridgehead atoms. The highest BCUT2D eigenvalue weighted by Crippen LogP contribution is 2.16. The predicted octanol–water partition coefficient (Wildman–Crippen LogP) is 2.45. The van der Waals surface area contributed by atoms with Gasteiger partial charge in [0.15, 0.2) is 0 Å². The molecule has 1 rings (SSSR count). The van der Waals surface area contributed by atoms with Gasteiger partial charge in [0, 0.05) is 7.11 Å². The monoisotopic (exact) mass is 243 g/mol. The Balaban J connectivity index is 2.32. The third kappa shape index (κ3) is 5.07. The fourth-order valence-corrected chi connectivity index (χ4v) is 2.12. The summed E-state index contributed by atoms with van der Waals surface area (Å²) < 4.78 is 10.5. The van der Waals surface area contributed by atoms with Crippen LogP contribution in [0.2, 0.25) is 0 Å². The van der Waals surface area contributed by atoms with Gasteiger partial charge in [-0.2, -0.15) is 11.3 Å². The van der Waals surface area contributed by atoms with Crippen LogP contribution in [0.4, 0.5) is 0 Å². The largest absolute Gasteiger partial charge is 0.382 e. The lowest BCUT2D eigenvalue weighted by molar-refractivity contribution is 0.0586. The lowest BCUT2D eigenvalue weighted by Crippen LogP contribution is -2.26. The van der Waals surface area contributed by atoms with Gasteiger partial charge in [-0.3, -0.25) is 0 Å². The fraction of sp³-hybridized carbons (Fsp3) is 0.667. The number of rotatable bonds is 9. The van der Waals surface area contributed by atoms with Crippen LogP contribution in [0.15, 0.2) is 16.8 Å². The van der Waals surface area contributed by atoms with E-state index in [9.17, 15) is 0 Å². The molecule has 0 aliphatic rings. The first-order valence-corrected chi connectivity index (χ1v) is 6.65. The van der Waals surface area contributed by atoms with Crippen molar-refractivity contribution in [2.24, 2.45) is 0 Å². The molecule has 0 amide bonds. The second-order valence-corrected chi connectivity index (χ2v) is 4.41. The first-order valence-electron chi connectivity index (χ1n) is 5.70. The van der Waals surface area contributed by atoms with Crippen LogP contribution < -0.4 is 5.32 Å². The molecule has 1 aromatic heterocycles. The molecular weight excluding hydrogens is 222 g/mol. The van der Waals surface area contributed by atoms with E-state index < -0.39 is 0 Å². The van der Waals surface area contributed by atoms with Crippen molar-refractivity contribution >= 4 is 11.3 Å². The summed E-state index contributed by atoms with van der Waals surface area (Å²) in [6, 6.07) is 2.46. The molecule has 0 radical (unpaired) electrons. The molecular formula is C12H21NO2S. The highest BCUT2D eigenvalue weighted by molar-refractivity contribution is 7.07. The maximum Gasteiger partial charge on any atom is 0.0701 e. The van der Waals surface area contributed by atoms with Gasteiger partial charge in [0.25, 0.3) is 0 Å². The molecule has 0 aliphatic heterocycles. The summed E-state index contributed by atoms with van der Waals surface area (Å²) in [6.07, 6.45) is 1.14. The lowest BCUT2D eigenvalue weighted by Gasteiger charge is -2.17. The smallest absolute Gasteiger partial charge is 0.0701 e. The molecule has 1 heterocycles. The Kier molecular flexibility index (Phi) is 7.42. The summed E-state index contributed by atoms with van der Waals surface area (Å²) in [5, 5.41) is 7.77. The fourth-order valence-electron chi connectivity index (χ4n) is 1.41. The molecule has 0 aliphatic carbocycles. The molecule has 92 valence electrons. The molecule has 1 aromatic rings. The number of nitrogens with one attached hydrogen (secondary N) is 1. The van der Waals surface area contributed by atoms with Gasteiger partial charge in [0.2, 0.25) is 0 Å². The first-order chi connectivity index (χ1) is 7.88. The molecule has 1 N–H and O–H groups in total. The average molecular weight is 243 g/mol. The van der Waals surface area contributed by atoms with Gasteiger partial charge in [0.05, 0.1) is 25.9 Å². The van der Waals surface area contributed by atoms with Crippen molar-refractivity contribution in [1.29, 1.82) is 0 Å². The predicted molar refractivity (Wildman–Crippen MR) is 68.0 cm³/mol. The second-order valence-electron chi connectivity index (χ2n) is 3.63. The molecule has 0 saturated carbocycles. The molecule has 1 unspecified atom stereocenters. The zero-order valence-electron chi connectivity index (χ0n) is 10.1. The Morgan fingerprint density at radius 3 is 2.94 bits per heavy atom. The van der Waals surface area contributed by atoms with E-state index in [1.165, 1.54) is 5.56 Å². The van der Waals surface area contributed by atoms with E-state index in [0.717, 1.165) is 13.0 Å². The number of ether oxygens (including phenoxy) is 2. The minimum Gasteiger partial charge on any atom is -0.382 e. The van der Waals surface area contributed by atoms with E-state index in [4.69, 9.17) is 9.47 Å². The summed E-state index contributed by atoms with van der Waals surface area (Å²) in [7, 11) is 1.69. The van der Waals surface area contributed by atoms with Gasteiger partial charge >= 0.3 is 0 Å². The quantitative estimate of drug-likeness (QED) is 0.676. The van der Waals surface area contributed by atoms with Gasteiger partial charge in [-0.25, -0.2) is 0 Å². The van der Waals surface area contributed by atoms with Crippen molar-refractivity contribution in [2.45, 2.75) is 19.4 Å². The zero-order chi connectivity index (χ0) is 11.6. The van der Waals surface area contributed by atoms with Gasteiger partial charge in [0.1, 0.15) is 0 Å². The molecule has 0 fully saturated rings. The Bertz CT molecular complexity index is 252. The van der Waals surface area contributed by atoms with E-state index in [1.54, 1.807) is 18.4 Å². The lowest BCUT2D eigenvalue weighted by atomic mass is 10.1. The summed E-state index contributed by atoms with van der Waals surface area (Å²) >= 11 is 1.72.